The summed E-state index contributed by atoms with van der Waals surface area (Å²) in [5.74, 6) is 1.40. The van der Waals surface area contributed by atoms with Crippen LogP contribution in [0.2, 0.25) is 0 Å². The molecule has 0 radical (unpaired) electrons. The molecule has 0 aliphatic heterocycles. The van der Waals surface area contributed by atoms with Gasteiger partial charge in [-0.2, -0.15) is 10.2 Å². The van der Waals surface area contributed by atoms with Crippen LogP contribution in [0.5, 0.6) is 0 Å². The monoisotopic (exact) mass is 253 g/mol. The number of aromatic nitrogens is 2. The van der Waals surface area contributed by atoms with Gasteiger partial charge >= 0.3 is 0 Å². The van der Waals surface area contributed by atoms with E-state index in [2.05, 4.69) is 21.4 Å². The Bertz CT molecular complexity index is 613. The van der Waals surface area contributed by atoms with Gasteiger partial charge in [0.1, 0.15) is 5.82 Å². The number of nitrogens with zero attached hydrogens (tertiary/aromatic N) is 4. The summed E-state index contributed by atoms with van der Waals surface area (Å²) < 4.78 is 0. The largest absolute Gasteiger partial charge is 0.357 e. The van der Waals surface area contributed by atoms with Crippen molar-refractivity contribution in [1.29, 1.82) is 5.26 Å². The van der Waals surface area contributed by atoms with E-state index in [-0.39, 0.29) is 0 Å². The molecule has 0 saturated heterocycles. The Balaban J connectivity index is 2.35. The average molecular weight is 253 g/mol. The van der Waals surface area contributed by atoms with Gasteiger partial charge in [0, 0.05) is 31.5 Å². The first-order valence-electron chi connectivity index (χ1n) is 5.91. The van der Waals surface area contributed by atoms with Crippen LogP contribution in [0.4, 0.5) is 17.5 Å². The molecule has 96 valence electrons. The van der Waals surface area contributed by atoms with Crippen molar-refractivity contribution >= 4 is 17.5 Å². The van der Waals surface area contributed by atoms with Gasteiger partial charge in [0.05, 0.1) is 11.6 Å². The standard InChI is InChI=1S/C14H15N5/c1-10-8-13(18-14(16-2)17-10)19(3)12-6-4-11(9-15)5-7-12/h4-8H,1-3H3,(H,16,17,18). The summed E-state index contributed by atoms with van der Waals surface area (Å²) in [4.78, 5) is 10.6. The summed E-state index contributed by atoms with van der Waals surface area (Å²) in [5.41, 5.74) is 2.51. The van der Waals surface area contributed by atoms with Crippen LogP contribution in [-0.4, -0.2) is 24.1 Å². The van der Waals surface area contributed by atoms with Gasteiger partial charge in [-0.1, -0.05) is 0 Å². The van der Waals surface area contributed by atoms with Crippen molar-refractivity contribution in [1.82, 2.24) is 9.97 Å². The molecule has 0 aliphatic carbocycles. The molecule has 0 fully saturated rings. The molecule has 1 aromatic carbocycles. The number of aryl methyl sites for hydroxylation is 1. The van der Waals surface area contributed by atoms with E-state index < -0.39 is 0 Å². The quantitative estimate of drug-likeness (QED) is 0.910. The summed E-state index contributed by atoms with van der Waals surface area (Å²) in [6.45, 7) is 1.93. The lowest BCUT2D eigenvalue weighted by Crippen LogP contribution is -2.13. The van der Waals surface area contributed by atoms with Crippen molar-refractivity contribution in [3.8, 4) is 6.07 Å². The van der Waals surface area contributed by atoms with Crippen LogP contribution in [0.25, 0.3) is 0 Å². The van der Waals surface area contributed by atoms with E-state index in [9.17, 15) is 0 Å². The topological polar surface area (TPSA) is 64.8 Å². The number of hydrogen-bond donors (Lipinski definition) is 1. The van der Waals surface area contributed by atoms with Gasteiger partial charge in [0.15, 0.2) is 0 Å². The zero-order valence-electron chi connectivity index (χ0n) is 11.2. The molecular formula is C14H15N5. The Morgan fingerprint density at radius 3 is 2.47 bits per heavy atom. The highest BCUT2D eigenvalue weighted by molar-refractivity contribution is 5.61. The molecule has 0 spiro atoms. The molecule has 1 aromatic heterocycles. The highest BCUT2D eigenvalue weighted by Gasteiger charge is 2.08. The van der Waals surface area contributed by atoms with Gasteiger partial charge in [-0.25, -0.2) is 4.98 Å². The van der Waals surface area contributed by atoms with Crippen LogP contribution in [0.1, 0.15) is 11.3 Å². The summed E-state index contributed by atoms with van der Waals surface area (Å²) in [6, 6.07) is 11.4. The Kier molecular flexibility index (Phi) is 3.62. The first kappa shape index (κ1) is 12.8. The molecule has 5 heteroatoms. The van der Waals surface area contributed by atoms with Gasteiger partial charge in [0.25, 0.3) is 0 Å². The molecule has 19 heavy (non-hydrogen) atoms. The minimum absolute atomic E-state index is 0.593. The van der Waals surface area contributed by atoms with E-state index in [0.29, 0.717) is 11.5 Å². The molecule has 0 bridgehead atoms. The average Bonchev–Trinajstić information content (AvgIpc) is 2.46. The lowest BCUT2D eigenvalue weighted by atomic mass is 10.2. The number of nitrogens with one attached hydrogen (secondary N) is 1. The summed E-state index contributed by atoms with van der Waals surface area (Å²) in [6.07, 6.45) is 0. The van der Waals surface area contributed by atoms with E-state index >= 15 is 0 Å². The van der Waals surface area contributed by atoms with Crippen molar-refractivity contribution in [3.05, 3.63) is 41.6 Å². The second-order valence-electron chi connectivity index (χ2n) is 4.16. The fraction of sp³-hybridized carbons (Fsp3) is 0.214. The van der Waals surface area contributed by atoms with Crippen molar-refractivity contribution in [2.75, 3.05) is 24.3 Å². The minimum atomic E-state index is 0.593. The third kappa shape index (κ3) is 2.80. The first-order chi connectivity index (χ1) is 9.13. The highest BCUT2D eigenvalue weighted by atomic mass is 15.2. The van der Waals surface area contributed by atoms with Crippen molar-refractivity contribution in [2.24, 2.45) is 0 Å². The van der Waals surface area contributed by atoms with Crippen LogP contribution >= 0.6 is 0 Å². The molecule has 0 amide bonds. The van der Waals surface area contributed by atoms with Crippen LogP contribution in [-0.2, 0) is 0 Å². The SMILES string of the molecule is CNc1nc(C)cc(N(C)c2ccc(C#N)cc2)n1. The molecule has 0 saturated carbocycles. The first-order valence-corrected chi connectivity index (χ1v) is 5.91. The maximum atomic E-state index is 8.80. The maximum absolute atomic E-state index is 8.80. The lowest BCUT2D eigenvalue weighted by Gasteiger charge is -2.19. The van der Waals surface area contributed by atoms with E-state index in [1.54, 1.807) is 19.2 Å². The second-order valence-corrected chi connectivity index (χ2v) is 4.16. The number of rotatable bonds is 3. The highest BCUT2D eigenvalue weighted by Crippen LogP contribution is 2.23. The molecule has 0 unspecified atom stereocenters. The minimum Gasteiger partial charge on any atom is -0.357 e. The predicted molar refractivity (Wildman–Crippen MR) is 75.5 cm³/mol. The lowest BCUT2D eigenvalue weighted by molar-refractivity contribution is 1.05. The Morgan fingerprint density at radius 2 is 1.89 bits per heavy atom. The van der Waals surface area contributed by atoms with E-state index in [4.69, 9.17) is 5.26 Å². The van der Waals surface area contributed by atoms with E-state index in [1.807, 2.05) is 37.1 Å². The van der Waals surface area contributed by atoms with E-state index in [1.165, 1.54) is 0 Å². The molecule has 1 heterocycles. The Hall–Kier alpha value is -2.61. The van der Waals surface area contributed by atoms with Crippen LogP contribution in [0.3, 0.4) is 0 Å². The van der Waals surface area contributed by atoms with Gasteiger partial charge in [0.2, 0.25) is 5.95 Å². The van der Waals surface area contributed by atoms with Crippen LogP contribution in [0.15, 0.2) is 30.3 Å². The van der Waals surface area contributed by atoms with Gasteiger partial charge < -0.3 is 10.2 Å². The molecule has 0 atom stereocenters. The molecule has 1 N–H and O–H groups in total. The van der Waals surface area contributed by atoms with Crippen molar-refractivity contribution < 1.29 is 0 Å². The molecule has 2 rings (SSSR count). The maximum Gasteiger partial charge on any atom is 0.224 e. The fourth-order valence-corrected chi connectivity index (χ4v) is 1.73. The summed E-state index contributed by atoms with van der Waals surface area (Å²) in [7, 11) is 3.73. The number of hydrogen-bond acceptors (Lipinski definition) is 5. The van der Waals surface area contributed by atoms with Crippen LogP contribution in [0, 0.1) is 18.3 Å². The third-order valence-electron chi connectivity index (χ3n) is 2.79. The normalized spacial score (nSPS) is 9.79. The molecular weight excluding hydrogens is 238 g/mol. The van der Waals surface area contributed by atoms with Crippen molar-refractivity contribution in [3.63, 3.8) is 0 Å². The zero-order chi connectivity index (χ0) is 13.8. The summed E-state index contributed by atoms with van der Waals surface area (Å²) >= 11 is 0. The number of nitriles is 1. The molecule has 5 nitrogen and oxygen atoms in total. The smallest absolute Gasteiger partial charge is 0.224 e. The Labute approximate surface area is 112 Å². The van der Waals surface area contributed by atoms with Gasteiger partial charge in [-0.15, -0.1) is 0 Å². The van der Waals surface area contributed by atoms with Crippen molar-refractivity contribution in [2.45, 2.75) is 6.92 Å². The number of benzene rings is 1. The molecule has 0 aliphatic rings. The fourth-order valence-electron chi connectivity index (χ4n) is 1.73. The molecule has 2 aromatic rings. The van der Waals surface area contributed by atoms with Crippen LogP contribution < -0.4 is 10.2 Å². The van der Waals surface area contributed by atoms with E-state index in [0.717, 1.165) is 17.2 Å². The Morgan fingerprint density at radius 1 is 1.21 bits per heavy atom. The number of anilines is 3. The second kappa shape index (κ2) is 5.36. The van der Waals surface area contributed by atoms with Gasteiger partial charge in [-0.3, -0.25) is 0 Å². The summed E-state index contributed by atoms with van der Waals surface area (Å²) in [5, 5.41) is 11.7. The zero-order valence-corrected chi connectivity index (χ0v) is 11.2. The third-order valence-corrected chi connectivity index (χ3v) is 2.79. The van der Waals surface area contributed by atoms with Gasteiger partial charge in [-0.05, 0) is 31.2 Å². The predicted octanol–water partition coefficient (Wildman–Crippen LogP) is 2.47.